The molecule has 2 aromatic heterocycles. The van der Waals surface area contributed by atoms with Gasteiger partial charge in [0.05, 0.1) is 16.5 Å². The monoisotopic (exact) mass is 424 g/mol. The molecule has 2 heteroatoms. The largest absolute Gasteiger partial charge is 0.316 e. The molecule has 0 saturated heterocycles. The summed E-state index contributed by atoms with van der Waals surface area (Å²) >= 11 is 0. The van der Waals surface area contributed by atoms with E-state index in [1.54, 1.807) is 12.1 Å². The molecule has 2 heterocycles. The number of aromatic nitrogens is 2. The van der Waals surface area contributed by atoms with Gasteiger partial charge in [-0.3, -0.25) is 0 Å². The van der Waals surface area contributed by atoms with Crippen molar-refractivity contribution in [1.29, 1.82) is 0 Å². The highest BCUT2D eigenvalue weighted by Gasteiger charge is 2.22. The van der Waals surface area contributed by atoms with E-state index in [0.29, 0.717) is 24.4 Å². The lowest BCUT2D eigenvalue weighted by molar-refractivity contribution is 0.594. The number of nitrogens with zero attached hydrogens (tertiary/aromatic N) is 2. The van der Waals surface area contributed by atoms with Crippen molar-refractivity contribution in [3.8, 4) is 11.4 Å². The van der Waals surface area contributed by atoms with Crippen LogP contribution in [0.2, 0.25) is 0 Å². The molecular formula is C30H32N2. The summed E-state index contributed by atoms with van der Waals surface area (Å²) in [5.74, 6) is 0. The number of hydrogen-bond donors (Lipinski definition) is 0. The number of para-hydroxylation sites is 2. The second-order valence-electron chi connectivity index (χ2n) is 10.6. The van der Waals surface area contributed by atoms with Crippen LogP contribution in [0, 0.1) is 0 Å². The van der Waals surface area contributed by atoms with Crippen LogP contribution in [0.25, 0.3) is 33.2 Å². The minimum atomic E-state index is -0.257. The highest BCUT2D eigenvalue weighted by molar-refractivity contribution is 5.88. The quantitative estimate of drug-likeness (QED) is 0.270. The van der Waals surface area contributed by atoms with Crippen molar-refractivity contribution in [3.05, 3.63) is 96.2 Å². The molecule has 3 aromatic carbocycles. The van der Waals surface area contributed by atoms with Crippen LogP contribution < -0.4 is 0 Å². The highest BCUT2D eigenvalue weighted by atomic mass is 15.0. The number of hydrogen-bond acceptors (Lipinski definition) is 0. The van der Waals surface area contributed by atoms with Crippen LogP contribution in [-0.4, -0.2) is 9.13 Å². The van der Waals surface area contributed by atoms with Crippen LogP contribution in [0.3, 0.4) is 0 Å². The molecule has 5 aromatic rings. The van der Waals surface area contributed by atoms with E-state index in [0.717, 1.165) is 44.3 Å². The Morgan fingerprint density at radius 2 is 1.03 bits per heavy atom. The molecule has 0 radical (unpaired) electrons. The third kappa shape index (κ3) is 3.35. The van der Waals surface area contributed by atoms with Crippen LogP contribution in [0.5, 0.6) is 0 Å². The molecule has 0 aliphatic heterocycles. The van der Waals surface area contributed by atoms with E-state index in [9.17, 15) is 0 Å². The Labute approximate surface area is 196 Å². The van der Waals surface area contributed by atoms with Gasteiger partial charge in [-0.25, -0.2) is 0 Å². The SMILES string of the molecule is [2H]c1ccc2c(c1)c(C(C)(C)C)c([2H])n2-c1cccc(-n2c([2H])c(C(C)(C)C)c3cc([2H])ccc32)c1. The lowest BCUT2D eigenvalue weighted by Gasteiger charge is -2.17. The molecule has 0 aliphatic carbocycles. The number of rotatable bonds is 2. The Bertz CT molecular complexity index is 1520. The molecule has 0 unspecified atom stereocenters. The van der Waals surface area contributed by atoms with Crippen LogP contribution in [-0.2, 0) is 10.8 Å². The second-order valence-corrected chi connectivity index (χ2v) is 10.6. The zero-order valence-electron chi connectivity index (χ0n) is 23.7. The van der Waals surface area contributed by atoms with Crippen molar-refractivity contribution < 1.29 is 5.48 Å². The summed E-state index contributed by atoms with van der Waals surface area (Å²) in [5, 5.41) is 1.85. The van der Waals surface area contributed by atoms with Gasteiger partial charge in [-0.05, 0) is 52.3 Å². The average Bonchev–Trinajstić information content (AvgIpc) is 3.22. The van der Waals surface area contributed by atoms with Crippen LogP contribution in [0.1, 0.15) is 58.2 Å². The second kappa shape index (κ2) is 7.13. The van der Waals surface area contributed by atoms with E-state index in [2.05, 4.69) is 41.5 Å². The lowest BCUT2D eigenvalue weighted by atomic mass is 9.87. The fourth-order valence-corrected chi connectivity index (χ4v) is 4.42. The Kier molecular flexibility index (Phi) is 3.65. The van der Waals surface area contributed by atoms with Crippen LogP contribution in [0.4, 0.5) is 0 Å². The first kappa shape index (κ1) is 16.4. The molecule has 0 saturated carbocycles. The zero-order chi connectivity index (χ0) is 26.2. The van der Waals surface area contributed by atoms with Crippen molar-refractivity contribution in [2.45, 2.75) is 52.4 Å². The molecule has 0 aliphatic rings. The van der Waals surface area contributed by atoms with Crippen molar-refractivity contribution in [3.63, 3.8) is 0 Å². The molecule has 0 amide bonds. The van der Waals surface area contributed by atoms with Crippen molar-refractivity contribution in [2.24, 2.45) is 0 Å². The minimum absolute atomic E-state index is 0.257. The number of benzene rings is 3. The highest BCUT2D eigenvalue weighted by Crippen LogP contribution is 2.36. The molecule has 0 spiro atoms. The first-order valence-corrected chi connectivity index (χ1v) is 11.1. The van der Waals surface area contributed by atoms with Gasteiger partial charge >= 0.3 is 0 Å². The molecule has 0 bridgehead atoms. The predicted molar refractivity (Wildman–Crippen MR) is 138 cm³/mol. The number of fused-ring (bicyclic) bond motifs is 2. The van der Waals surface area contributed by atoms with Crippen molar-refractivity contribution in [2.75, 3.05) is 0 Å². The molecule has 162 valence electrons. The molecule has 0 fully saturated rings. The molecular weight excluding hydrogens is 388 g/mol. The van der Waals surface area contributed by atoms with Gasteiger partial charge < -0.3 is 9.13 Å². The maximum atomic E-state index is 9.13. The Balaban J connectivity index is 1.80. The smallest absolute Gasteiger partial charge is 0.0826 e. The third-order valence-electron chi connectivity index (χ3n) is 6.00. The van der Waals surface area contributed by atoms with Gasteiger partial charge in [0.15, 0.2) is 0 Å². The van der Waals surface area contributed by atoms with E-state index < -0.39 is 0 Å². The Morgan fingerprint density at radius 1 is 0.594 bits per heavy atom. The van der Waals surface area contributed by atoms with E-state index in [1.165, 1.54) is 0 Å². The van der Waals surface area contributed by atoms with Gasteiger partial charge in [-0.15, -0.1) is 0 Å². The summed E-state index contributed by atoms with van der Waals surface area (Å²) in [6, 6.07) is 19.9. The van der Waals surface area contributed by atoms with Crippen LogP contribution in [0.15, 0.2) is 85.1 Å². The maximum Gasteiger partial charge on any atom is 0.0826 e. The topological polar surface area (TPSA) is 9.86 Å². The normalized spacial score (nSPS) is 14.4. The molecule has 2 nitrogen and oxygen atoms in total. The first-order valence-electron chi connectivity index (χ1n) is 13.1. The average molecular weight is 425 g/mol. The minimum Gasteiger partial charge on any atom is -0.316 e. The summed E-state index contributed by atoms with van der Waals surface area (Å²) in [6.07, 6.45) is 0.830. The fourth-order valence-electron chi connectivity index (χ4n) is 4.42. The molecule has 0 atom stereocenters. The Morgan fingerprint density at radius 3 is 1.44 bits per heavy atom. The summed E-state index contributed by atoms with van der Waals surface area (Å²) in [7, 11) is 0. The zero-order valence-corrected chi connectivity index (χ0v) is 19.7. The van der Waals surface area contributed by atoms with E-state index in [-0.39, 0.29) is 10.8 Å². The van der Waals surface area contributed by atoms with E-state index >= 15 is 0 Å². The van der Waals surface area contributed by atoms with Crippen LogP contribution >= 0.6 is 0 Å². The predicted octanol–water partition coefficient (Wildman–Crippen LogP) is 8.17. The van der Waals surface area contributed by atoms with E-state index in [4.69, 9.17) is 5.48 Å². The van der Waals surface area contributed by atoms with Gasteiger partial charge in [0, 0.05) is 34.5 Å². The fraction of sp³-hybridized carbons (Fsp3) is 0.267. The Hall–Kier alpha value is -3.26. The van der Waals surface area contributed by atoms with Gasteiger partial charge in [-0.1, -0.05) is 84.0 Å². The third-order valence-corrected chi connectivity index (χ3v) is 6.00. The van der Waals surface area contributed by atoms with Crippen molar-refractivity contribution in [1.82, 2.24) is 9.13 Å². The molecule has 0 N–H and O–H groups in total. The van der Waals surface area contributed by atoms with Gasteiger partial charge in [0.2, 0.25) is 0 Å². The maximum absolute atomic E-state index is 9.13. The molecule has 5 rings (SSSR count). The summed E-state index contributed by atoms with van der Waals surface area (Å²) in [5.41, 5.74) is 4.80. The lowest BCUT2D eigenvalue weighted by Crippen LogP contribution is -2.10. The first-order chi connectivity index (χ1) is 16.8. The standard InChI is InChI=1S/C30H32N2/c1-29(2,3)25-19-31(27-16-9-7-14-23(25)27)21-12-11-13-22(18-21)32-20-26(30(4,5)6)24-15-8-10-17-28(24)32/h7-20H,1-6H3/i7D,8D,19D,20D. The van der Waals surface area contributed by atoms with Gasteiger partial charge in [-0.2, -0.15) is 0 Å². The molecule has 32 heavy (non-hydrogen) atoms. The van der Waals surface area contributed by atoms with Gasteiger partial charge in [0.25, 0.3) is 0 Å². The summed E-state index contributed by atoms with van der Waals surface area (Å²) < 4.78 is 38.5. The summed E-state index contributed by atoms with van der Waals surface area (Å²) in [4.78, 5) is 0. The van der Waals surface area contributed by atoms with Gasteiger partial charge in [0.1, 0.15) is 0 Å². The van der Waals surface area contributed by atoms with E-state index in [1.807, 2.05) is 57.7 Å². The van der Waals surface area contributed by atoms with Crippen molar-refractivity contribution >= 4 is 21.8 Å². The summed E-state index contributed by atoms with van der Waals surface area (Å²) in [6.45, 7) is 12.6.